The third-order valence-electron chi connectivity index (χ3n) is 4.33. The van der Waals surface area contributed by atoms with Crippen molar-refractivity contribution >= 4 is 17.0 Å². The zero-order valence-corrected chi connectivity index (χ0v) is 15.9. The van der Waals surface area contributed by atoms with Gasteiger partial charge in [-0.15, -0.1) is 0 Å². The average molecular weight is 355 g/mol. The van der Waals surface area contributed by atoms with Crippen molar-refractivity contribution in [1.29, 1.82) is 0 Å². The van der Waals surface area contributed by atoms with Gasteiger partial charge in [0.15, 0.2) is 11.5 Å². The first-order valence-corrected chi connectivity index (χ1v) is 8.76. The van der Waals surface area contributed by atoms with Gasteiger partial charge in [0.1, 0.15) is 17.0 Å². The largest absolute Gasteiger partial charge is 0.465 e. The molecule has 0 bridgehead atoms. The Bertz CT molecular complexity index is 908. The number of oxazole rings is 1. The van der Waals surface area contributed by atoms with Gasteiger partial charge in [-0.1, -0.05) is 13.8 Å². The van der Waals surface area contributed by atoms with Crippen LogP contribution in [0.3, 0.4) is 0 Å². The molecule has 6 nitrogen and oxygen atoms in total. The molecule has 0 saturated carbocycles. The number of likely N-dealkylation sites (N-methyl/N-ethyl adjacent to an activating group) is 1. The number of fused-ring (bicyclic) bond motifs is 1. The highest BCUT2D eigenvalue weighted by atomic mass is 16.3. The Hall–Kier alpha value is -2.60. The summed E-state index contributed by atoms with van der Waals surface area (Å²) in [6, 6.07) is 9.16. The maximum Gasteiger partial charge on any atom is 0.251 e. The van der Waals surface area contributed by atoms with Gasteiger partial charge in [-0.25, -0.2) is 4.98 Å². The highest BCUT2D eigenvalue weighted by molar-refractivity contribution is 5.97. The standard InChI is InChI=1S/C20H25N3O3/c1-12(2)20-22-15-10-14(7-9-17(15)26-20)19(24)21-11-16(23(4)5)18-8-6-13(3)25-18/h6-10,12,16H,11H2,1-5H3,(H,21,24)/t16-/m1/s1. The quantitative estimate of drug-likeness (QED) is 0.726. The summed E-state index contributed by atoms with van der Waals surface area (Å²) in [6.07, 6.45) is 0. The molecule has 1 N–H and O–H groups in total. The van der Waals surface area contributed by atoms with Gasteiger partial charge in [0.05, 0.1) is 6.04 Å². The SMILES string of the molecule is Cc1ccc([C@@H](CNC(=O)c2ccc3oc(C(C)C)nc3c2)N(C)C)o1. The van der Waals surface area contributed by atoms with Gasteiger partial charge in [0, 0.05) is 18.0 Å². The Morgan fingerprint density at radius 2 is 1.96 bits per heavy atom. The molecule has 138 valence electrons. The molecule has 1 aromatic carbocycles. The highest BCUT2D eigenvalue weighted by Gasteiger charge is 2.19. The minimum absolute atomic E-state index is 0.0315. The van der Waals surface area contributed by atoms with Crippen molar-refractivity contribution in [2.75, 3.05) is 20.6 Å². The number of nitrogens with zero attached hydrogens (tertiary/aromatic N) is 2. The van der Waals surface area contributed by atoms with Crippen LogP contribution in [-0.2, 0) is 0 Å². The summed E-state index contributed by atoms with van der Waals surface area (Å²) >= 11 is 0. The van der Waals surface area contributed by atoms with Crippen LogP contribution in [0.1, 0.15) is 53.6 Å². The maximum absolute atomic E-state index is 12.6. The zero-order valence-electron chi connectivity index (χ0n) is 15.9. The second-order valence-corrected chi connectivity index (χ2v) is 7.03. The topological polar surface area (TPSA) is 71.5 Å². The van der Waals surface area contributed by atoms with E-state index in [-0.39, 0.29) is 17.9 Å². The lowest BCUT2D eigenvalue weighted by Crippen LogP contribution is -2.34. The van der Waals surface area contributed by atoms with Crippen LogP contribution >= 0.6 is 0 Å². The molecular weight excluding hydrogens is 330 g/mol. The smallest absolute Gasteiger partial charge is 0.251 e. The Labute approximate surface area is 153 Å². The van der Waals surface area contributed by atoms with E-state index >= 15 is 0 Å². The molecule has 2 heterocycles. The number of aryl methyl sites for hydroxylation is 1. The number of hydrogen-bond donors (Lipinski definition) is 1. The van der Waals surface area contributed by atoms with Gasteiger partial charge in [0.2, 0.25) is 0 Å². The van der Waals surface area contributed by atoms with Crippen LogP contribution in [-0.4, -0.2) is 36.4 Å². The minimum atomic E-state index is -0.142. The lowest BCUT2D eigenvalue weighted by atomic mass is 10.1. The molecule has 0 aliphatic heterocycles. The fraction of sp³-hybridized carbons (Fsp3) is 0.400. The van der Waals surface area contributed by atoms with E-state index in [2.05, 4.69) is 10.3 Å². The van der Waals surface area contributed by atoms with E-state index in [0.717, 1.165) is 11.5 Å². The molecule has 0 saturated heterocycles. The Morgan fingerprint density at radius 3 is 2.58 bits per heavy atom. The van der Waals surface area contributed by atoms with Crippen LogP contribution in [0.4, 0.5) is 0 Å². The molecule has 0 aliphatic carbocycles. The molecule has 0 radical (unpaired) electrons. The molecule has 0 spiro atoms. The molecule has 6 heteroatoms. The number of amides is 1. The Kier molecular flexibility index (Phi) is 5.13. The van der Waals surface area contributed by atoms with E-state index in [1.807, 2.05) is 51.9 Å². The summed E-state index contributed by atoms with van der Waals surface area (Å²) in [4.78, 5) is 19.1. The molecule has 1 atom stereocenters. The van der Waals surface area contributed by atoms with Gasteiger partial charge < -0.3 is 14.2 Å². The van der Waals surface area contributed by atoms with Crippen LogP contribution < -0.4 is 5.32 Å². The average Bonchev–Trinajstić information content (AvgIpc) is 3.20. The van der Waals surface area contributed by atoms with Crippen molar-refractivity contribution in [3.63, 3.8) is 0 Å². The zero-order chi connectivity index (χ0) is 18.8. The summed E-state index contributed by atoms with van der Waals surface area (Å²) in [5.74, 6) is 2.43. The van der Waals surface area contributed by atoms with Crippen LogP contribution in [0.2, 0.25) is 0 Å². The molecule has 0 fully saturated rings. The van der Waals surface area contributed by atoms with Crippen LogP contribution in [0.25, 0.3) is 11.1 Å². The number of nitrogens with one attached hydrogen (secondary N) is 1. The number of carbonyl (C=O) groups excluding carboxylic acids is 1. The number of hydrogen-bond acceptors (Lipinski definition) is 5. The normalized spacial score (nSPS) is 12.9. The van der Waals surface area contributed by atoms with Gasteiger partial charge in [-0.3, -0.25) is 9.69 Å². The number of benzene rings is 1. The third kappa shape index (κ3) is 3.80. The number of carbonyl (C=O) groups is 1. The Balaban J connectivity index is 1.73. The van der Waals surface area contributed by atoms with E-state index in [4.69, 9.17) is 8.83 Å². The van der Waals surface area contributed by atoms with Gasteiger partial charge in [-0.2, -0.15) is 0 Å². The van der Waals surface area contributed by atoms with Crippen molar-refractivity contribution in [3.8, 4) is 0 Å². The van der Waals surface area contributed by atoms with Crippen LogP contribution in [0.5, 0.6) is 0 Å². The van der Waals surface area contributed by atoms with Gasteiger partial charge >= 0.3 is 0 Å². The van der Waals surface area contributed by atoms with E-state index in [1.165, 1.54) is 0 Å². The first-order valence-electron chi connectivity index (χ1n) is 8.76. The fourth-order valence-electron chi connectivity index (χ4n) is 2.80. The fourth-order valence-corrected chi connectivity index (χ4v) is 2.80. The van der Waals surface area contributed by atoms with Gasteiger partial charge in [-0.05, 0) is 51.4 Å². The second kappa shape index (κ2) is 7.33. The molecule has 3 aromatic rings. The lowest BCUT2D eigenvalue weighted by molar-refractivity contribution is 0.0939. The molecule has 2 aromatic heterocycles. The van der Waals surface area contributed by atoms with E-state index in [1.54, 1.807) is 18.2 Å². The summed E-state index contributed by atoms with van der Waals surface area (Å²) in [6.45, 7) is 6.41. The molecule has 0 aliphatic rings. The highest BCUT2D eigenvalue weighted by Crippen LogP contribution is 2.23. The summed E-state index contributed by atoms with van der Waals surface area (Å²) < 4.78 is 11.4. The second-order valence-electron chi connectivity index (χ2n) is 7.03. The van der Waals surface area contributed by atoms with E-state index in [0.29, 0.717) is 29.1 Å². The van der Waals surface area contributed by atoms with Crippen molar-refractivity contribution in [3.05, 3.63) is 53.3 Å². The first-order chi connectivity index (χ1) is 12.3. The first kappa shape index (κ1) is 18.2. The van der Waals surface area contributed by atoms with E-state index in [9.17, 15) is 4.79 Å². The summed E-state index contributed by atoms with van der Waals surface area (Å²) in [5.41, 5.74) is 1.96. The van der Waals surface area contributed by atoms with E-state index < -0.39 is 0 Å². The lowest BCUT2D eigenvalue weighted by Gasteiger charge is -2.22. The predicted molar refractivity (Wildman–Crippen MR) is 100 cm³/mol. The third-order valence-corrected chi connectivity index (χ3v) is 4.33. The predicted octanol–water partition coefficient (Wildman–Crippen LogP) is 3.89. The van der Waals surface area contributed by atoms with Crippen LogP contribution in [0.15, 0.2) is 39.2 Å². The maximum atomic E-state index is 12.6. The Morgan fingerprint density at radius 1 is 1.19 bits per heavy atom. The molecule has 0 unspecified atom stereocenters. The number of rotatable bonds is 6. The molecule has 3 rings (SSSR count). The molecular formula is C20H25N3O3. The van der Waals surface area contributed by atoms with Crippen molar-refractivity contribution < 1.29 is 13.6 Å². The molecule has 1 amide bonds. The van der Waals surface area contributed by atoms with Crippen molar-refractivity contribution in [2.45, 2.75) is 32.7 Å². The summed E-state index contributed by atoms with van der Waals surface area (Å²) in [7, 11) is 3.92. The van der Waals surface area contributed by atoms with Crippen molar-refractivity contribution in [2.24, 2.45) is 0 Å². The van der Waals surface area contributed by atoms with Gasteiger partial charge in [0.25, 0.3) is 5.91 Å². The summed E-state index contributed by atoms with van der Waals surface area (Å²) in [5, 5.41) is 2.98. The monoisotopic (exact) mass is 355 g/mol. The number of furan rings is 1. The van der Waals surface area contributed by atoms with Crippen molar-refractivity contribution in [1.82, 2.24) is 15.2 Å². The number of aromatic nitrogens is 1. The molecule has 26 heavy (non-hydrogen) atoms. The minimum Gasteiger partial charge on any atom is -0.465 e. The van der Waals surface area contributed by atoms with Crippen LogP contribution in [0, 0.1) is 6.92 Å².